The highest BCUT2D eigenvalue weighted by molar-refractivity contribution is 5.28. The van der Waals surface area contributed by atoms with Crippen LogP contribution in [0.1, 0.15) is 70.6 Å². The lowest BCUT2D eigenvalue weighted by atomic mass is 9.97. The molecule has 0 aromatic carbocycles. The minimum atomic E-state index is 0.0648. The molecular weight excluding hydrogens is 246 g/mol. The van der Waals surface area contributed by atoms with Crippen molar-refractivity contribution in [1.29, 1.82) is 0 Å². The van der Waals surface area contributed by atoms with Crippen LogP contribution in [0, 0.1) is 18.8 Å². The highest BCUT2D eigenvalue weighted by Gasteiger charge is 2.11. The minimum absolute atomic E-state index is 0.0648. The second-order valence-electron chi connectivity index (χ2n) is 4.71. The molecule has 0 saturated heterocycles. The molecule has 2 rings (SSSR count). The van der Waals surface area contributed by atoms with E-state index in [1.807, 2.05) is 39.1 Å². The Balaban J connectivity index is 0.000000427. The average molecular weight is 275 g/mol. The quantitative estimate of drug-likeness (QED) is 0.637. The Morgan fingerprint density at radius 3 is 2.35 bits per heavy atom. The second kappa shape index (κ2) is 12.7. The van der Waals surface area contributed by atoms with Crippen LogP contribution < -0.4 is 0 Å². The third-order valence-electron chi connectivity index (χ3n) is 2.86. The molecule has 1 heterocycles. The van der Waals surface area contributed by atoms with E-state index >= 15 is 0 Å². The van der Waals surface area contributed by atoms with Gasteiger partial charge in [-0.2, -0.15) is 0 Å². The van der Waals surface area contributed by atoms with Crippen molar-refractivity contribution in [3.63, 3.8) is 0 Å². The summed E-state index contributed by atoms with van der Waals surface area (Å²) in [7, 11) is 0. The standard InChI is InChI=1S/C12H15N.C4H8O.C2H6/c1-3-4-5-6-7-12-9-8-11(2)10-13-12;5-4-2-1-3-4;1-2/h8-10H,3-5H2,1-2H3;4-5H,1-3H2;1-2H3. The molecule has 1 fully saturated rings. The van der Waals surface area contributed by atoms with Crippen LogP contribution in [0.2, 0.25) is 0 Å². The zero-order valence-corrected chi connectivity index (χ0v) is 13.4. The number of unbranched alkanes of at least 4 members (excludes halogenated alkanes) is 2. The molecule has 0 unspecified atom stereocenters. The van der Waals surface area contributed by atoms with Gasteiger partial charge in [-0.1, -0.05) is 39.2 Å². The fourth-order valence-electron chi connectivity index (χ4n) is 1.35. The first-order valence-corrected chi connectivity index (χ1v) is 7.82. The summed E-state index contributed by atoms with van der Waals surface area (Å²) in [5.74, 6) is 6.16. The Bertz CT molecular complexity index is 382. The molecule has 0 amide bonds. The third-order valence-corrected chi connectivity index (χ3v) is 2.86. The lowest BCUT2D eigenvalue weighted by molar-refractivity contribution is 0.0950. The van der Waals surface area contributed by atoms with Gasteiger partial charge in [0.05, 0.1) is 6.10 Å². The molecule has 1 aliphatic rings. The SMILES string of the molecule is CC.CCCCC#Cc1ccc(C)cn1.OC1CCC1. The smallest absolute Gasteiger partial charge is 0.113 e. The van der Waals surface area contributed by atoms with Crippen LogP contribution in [0.5, 0.6) is 0 Å². The van der Waals surface area contributed by atoms with Gasteiger partial charge in [0, 0.05) is 12.6 Å². The van der Waals surface area contributed by atoms with E-state index < -0.39 is 0 Å². The molecule has 0 bridgehead atoms. The van der Waals surface area contributed by atoms with Crippen LogP contribution in [-0.2, 0) is 0 Å². The van der Waals surface area contributed by atoms with E-state index in [2.05, 4.69) is 23.7 Å². The summed E-state index contributed by atoms with van der Waals surface area (Å²) in [6.07, 6.45) is 8.60. The Labute approximate surface area is 124 Å². The van der Waals surface area contributed by atoms with Gasteiger partial charge in [0.1, 0.15) is 5.69 Å². The first-order valence-electron chi connectivity index (χ1n) is 7.82. The molecule has 0 spiro atoms. The topological polar surface area (TPSA) is 33.1 Å². The van der Waals surface area contributed by atoms with Crippen molar-refractivity contribution in [3.8, 4) is 11.8 Å². The Kier molecular flexibility index (Phi) is 11.8. The van der Waals surface area contributed by atoms with Gasteiger partial charge < -0.3 is 5.11 Å². The van der Waals surface area contributed by atoms with Gasteiger partial charge in [0.2, 0.25) is 0 Å². The highest BCUT2D eigenvalue weighted by Crippen LogP contribution is 2.16. The molecule has 1 aromatic heterocycles. The highest BCUT2D eigenvalue weighted by atomic mass is 16.3. The van der Waals surface area contributed by atoms with Crippen LogP contribution in [0.3, 0.4) is 0 Å². The van der Waals surface area contributed by atoms with Crippen molar-refractivity contribution in [3.05, 3.63) is 29.6 Å². The summed E-state index contributed by atoms with van der Waals surface area (Å²) in [4.78, 5) is 4.20. The first-order chi connectivity index (χ1) is 9.72. The number of hydrogen-bond acceptors (Lipinski definition) is 2. The normalized spacial score (nSPS) is 12.7. The average Bonchev–Trinajstić information content (AvgIpc) is 2.46. The molecule has 1 N–H and O–H groups in total. The molecule has 0 radical (unpaired) electrons. The van der Waals surface area contributed by atoms with Crippen molar-refractivity contribution in [2.45, 2.75) is 72.3 Å². The summed E-state index contributed by atoms with van der Waals surface area (Å²) in [5.41, 5.74) is 2.06. The van der Waals surface area contributed by atoms with Crippen molar-refractivity contribution in [1.82, 2.24) is 4.98 Å². The van der Waals surface area contributed by atoms with E-state index in [0.29, 0.717) is 0 Å². The maximum atomic E-state index is 8.45. The number of hydrogen-bond donors (Lipinski definition) is 1. The molecule has 1 aromatic rings. The number of rotatable bonds is 2. The zero-order chi connectivity index (χ0) is 15.2. The van der Waals surface area contributed by atoms with E-state index in [0.717, 1.165) is 25.0 Å². The van der Waals surface area contributed by atoms with Crippen LogP contribution in [0.15, 0.2) is 18.3 Å². The molecule has 1 saturated carbocycles. The van der Waals surface area contributed by atoms with Crippen molar-refractivity contribution in [2.75, 3.05) is 0 Å². The van der Waals surface area contributed by atoms with Gasteiger partial charge in [-0.15, -0.1) is 0 Å². The Morgan fingerprint density at radius 2 is 1.95 bits per heavy atom. The van der Waals surface area contributed by atoms with Crippen molar-refractivity contribution >= 4 is 0 Å². The molecule has 0 aliphatic heterocycles. The number of nitrogens with zero attached hydrogens (tertiary/aromatic N) is 1. The summed E-state index contributed by atoms with van der Waals surface area (Å²) >= 11 is 0. The number of pyridine rings is 1. The van der Waals surface area contributed by atoms with Crippen LogP contribution in [0.25, 0.3) is 0 Å². The number of aliphatic hydroxyl groups excluding tert-OH is 1. The van der Waals surface area contributed by atoms with E-state index in [-0.39, 0.29) is 6.10 Å². The monoisotopic (exact) mass is 275 g/mol. The largest absolute Gasteiger partial charge is 0.393 e. The van der Waals surface area contributed by atoms with Gasteiger partial charge >= 0.3 is 0 Å². The van der Waals surface area contributed by atoms with Crippen LogP contribution in [-0.4, -0.2) is 16.2 Å². The Hall–Kier alpha value is -1.33. The van der Waals surface area contributed by atoms with Gasteiger partial charge in [0.15, 0.2) is 0 Å². The second-order valence-corrected chi connectivity index (χ2v) is 4.71. The number of aryl methyl sites for hydroxylation is 1. The molecule has 2 heteroatoms. The Morgan fingerprint density at radius 1 is 1.30 bits per heavy atom. The van der Waals surface area contributed by atoms with E-state index in [1.165, 1.54) is 24.8 Å². The van der Waals surface area contributed by atoms with E-state index in [9.17, 15) is 0 Å². The maximum absolute atomic E-state index is 8.45. The fraction of sp³-hybridized carbons (Fsp3) is 0.611. The summed E-state index contributed by atoms with van der Waals surface area (Å²) < 4.78 is 0. The molecular formula is C18H29NO. The van der Waals surface area contributed by atoms with Gasteiger partial charge in [-0.3, -0.25) is 0 Å². The van der Waals surface area contributed by atoms with Crippen molar-refractivity contribution < 1.29 is 5.11 Å². The maximum Gasteiger partial charge on any atom is 0.113 e. The molecule has 20 heavy (non-hydrogen) atoms. The minimum Gasteiger partial charge on any atom is -0.393 e. The summed E-state index contributed by atoms with van der Waals surface area (Å²) in [5, 5.41) is 8.45. The number of aromatic nitrogens is 1. The summed E-state index contributed by atoms with van der Waals surface area (Å²) in [6, 6.07) is 4.01. The van der Waals surface area contributed by atoms with Crippen molar-refractivity contribution in [2.24, 2.45) is 0 Å². The predicted octanol–water partition coefficient (Wildman–Crippen LogP) is 4.49. The molecule has 1 aliphatic carbocycles. The van der Waals surface area contributed by atoms with Crippen LogP contribution in [0.4, 0.5) is 0 Å². The third kappa shape index (κ3) is 9.58. The van der Waals surface area contributed by atoms with Gasteiger partial charge in [-0.05, 0) is 50.2 Å². The molecule has 2 nitrogen and oxygen atoms in total. The molecule has 112 valence electrons. The lowest BCUT2D eigenvalue weighted by Crippen LogP contribution is -2.15. The zero-order valence-electron chi connectivity index (χ0n) is 13.4. The van der Waals surface area contributed by atoms with E-state index in [4.69, 9.17) is 5.11 Å². The molecule has 0 atom stereocenters. The fourth-order valence-corrected chi connectivity index (χ4v) is 1.35. The van der Waals surface area contributed by atoms with E-state index in [1.54, 1.807) is 0 Å². The summed E-state index contributed by atoms with van der Waals surface area (Å²) in [6.45, 7) is 8.20. The van der Waals surface area contributed by atoms with Gasteiger partial charge in [-0.25, -0.2) is 4.98 Å². The lowest BCUT2D eigenvalue weighted by Gasteiger charge is -2.17. The first kappa shape index (κ1) is 18.7. The van der Waals surface area contributed by atoms with Gasteiger partial charge in [0.25, 0.3) is 0 Å². The van der Waals surface area contributed by atoms with Crippen LogP contribution >= 0.6 is 0 Å². The predicted molar refractivity (Wildman–Crippen MR) is 86.6 cm³/mol. The number of aliphatic hydroxyl groups is 1.